The molecule has 162 valence electrons. The fourth-order valence-electron chi connectivity index (χ4n) is 4.85. The van der Waals surface area contributed by atoms with E-state index in [1.807, 2.05) is 12.1 Å². The lowest BCUT2D eigenvalue weighted by molar-refractivity contribution is -0.133. The van der Waals surface area contributed by atoms with E-state index >= 15 is 0 Å². The van der Waals surface area contributed by atoms with Gasteiger partial charge in [0.15, 0.2) is 11.5 Å². The maximum atomic E-state index is 13.2. The van der Waals surface area contributed by atoms with Crippen LogP contribution in [0.25, 0.3) is 5.57 Å². The minimum absolute atomic E-state index is 0.130. The van der Waals surface area contributed by atoms with Gasteiger partial charge in [0.2, 0.25) is 5.91 Å². The Morgan fingerprint density at radius 2 is 1.81 bits per heavy atom. The first-order valence-electron chi connectivity index (χ1n) is 11.4. The van der Waals surface area contributed by atoms with Gasteiger partial charge in [0.1, 0.15) is 0 Å². The van der Waals surface area contributed by atoms with Gasteiger partial charge in [-0.2, -0.15) is 0 Å². The van der Waals surface area contributed by atoms with Crippen LogP contribution in [-0.2, 0) is 4.79 Å². The van der Waals surface area contributed by atoms with Crippen LogP contribution in [0.15, 0.2) is 54.6 Å². The van der Waals surface area contributed by atoms with E-state index in [0.29, 0.717) is 19.8 Å². The number of nitrogens with zero attached hydrogens (tertiary/aromatic N) is 2. The van der Waals surface area contributed by atoms with Crippen LogP contribution in [-0.4, -0.2) is 55.1 Å². The third-order valence-electron chi connectivity index (χ3n) is 6.53. The Kier molecular flexibility index (Phi) is 5.94. The summed E-state index contributed by atoms with van der Waals surface area (Å²) in [5, 5.41) is 0. The van der Waals surface area contributed by atoms with Crippen molar-refractivity contribution in [2.24, 2.45) is 0 Å². The molecule has 3 aliphatic rings. The van der Waals surface area contributed by atoms with Crippen molar-refractivity contribution >= 4 is 11.5 Å². The molecule has 1 fully saturated rings. The quantitative estimate of drug-likeness (QED) is 0.742. The van der Waals surface area contributed by atoms with E-state index in [9.17, 15) is 4.79 Å². The number of rotatable bonds is 4. The van der Waals surface area contributed by atoms with Crippen LogP contribution in [0.5, 0.6) is 11.5 Å². The van der Waals surface area contributed by atoms with E-state index < -0.39 is 0 Å². The van der Waals surface area contributed by atoms with Crippen LogP contribution >= 0.6 is 0 Å². The summed E-state index contributed by atoms with van der Waals surface area (Å²) in [5.74, 6) is 1.85. The molecule has 0 radical (unpaired) electrons. The Hall–Kier alpha value is -2.79. The van der Waals surface area contributed by atoms with E-state index in [1.165, 1.54) is 11.1 Å². The molecule has 5 rings (SSSR count). The van der Waals surface area contributed by atoms with Crippen molar-refractivity contribution in [3.05, 3.63) is 65.7 Å². The Balaban J connectivity index is 1.24. The largest absolute Gasteiger partial charge is 0.490 e. The van der Waals surface area contributed by atoms with E-state index in [1.54, 1.807) is 0 Å². The SMILES string of the molecule is O=C(CN1CC=C(c2ccccc2)CC1)N1CCC[C@@H]1c1ccc2c(c1)OCCCO2. The van der Waals surface area contributed by atoms with Crippen LogP contribution < -0.4 is 9.47 Å². The molecule has 0 aliphatic carbocycles. The molecule has 2 aromatic rings. The predicted octanol–water partition coefficient (Wildman–Crippen LogP) is 4.30. The van der Waals surface area contributed by atoms with Crippen LogP contribution in [0, 0.1) is 0 Å². The highest BCUT2D eigenvalue weighted by Gasteiger charge is 2.31. The predicted molar refractivity (Wildman–Crippen MR) is 121 cm³/mol. The van der Waals surface area contributed by atoms with Crippen molar-refractivity contribution in [3.8, 4) is 11.5 Å². The van der Waals surface area contributed by atoms with E-state index in [2.05, 4.69) is 52.3 Å². The highest BCUT2D eigenvalue weighted by molar-refractivity contribution is 5.79. The second-order valence-electron chi connectivity index (χ2n) is 8.58. The van der Waals surface area contributed by atoms with Crippen molar-refractivity contribution in [2.45, 2.75) is 31.7 Å². The number of carbonyl (C=O) groups excluding carboxylic acids is 1. The number of hydrogen-bond acceptors (Lipinski definition) is 4. The number of carbonyl (C=O) groups is 1. The first-order valence-corrected chi connectivity index (χ1v) is 11.4. The topological polar surface area (TPSA) is 42.0 Å². The van der Waals surface area contributed by atoms with Crippen molar-refractivity contribution in [1.82, 2.24) is 9.80 Å². The fourth-order valence-corrected chi connectivity index (χ4v) is 4.85. The second kappa shape index (κ2) is 9.15. The van der Waals surface area contributed by atoms with E-state index in [0.717, 1.165) is 62.4 Å². The molecule has 2 aromatic carbocycles. The third kappa shape index (κ3) is 4.47. The minimum atomic E-state index is 0.130. The van der Waals surface area contributed by atoms with E-state index in [-0.39, 0.29) is 11.9 Å². The average Bonchev–Trinajstić information content (AvgIpc) is 3.19. The summed E-state index contributed by atoms with van der Waals surface area (Å²) in [4.78, 5) is 17.5. The lowest BCUT2D eigenvalue weighted by atomic mass is 9.99. The molecule has 5 nitrogen and oxygen atoms in total. The molecular weight excluding hydrogens is 388 g/mol. The zero-order chi connectivity index (χ0) is 21.0. The van der Waals surface area contributed by atoms with Gasteiger partial charge in [-0.3, -0.25) is 9.69 Å². The number of ether oxygens (including phenoxy) is 2. The standard InChI is InChI=1S/C26H30N2O3/c29-26(19-27-14-11-21(12-15-27)20-6-2-1-3-7-20)28-13-4-8-23(28)22-9-10-24-25(18-22)31-17-5-16-30-24/h1-3,6-7,9-11,18,23H,4-5,8,12-17,19H2/t23-/m1/s1. The van der Waals surface area contributed by atoms with Crippen molar-refractivity contribution in [3.63, 3.8) is 0 Å². The van der Waals surface area contributed by atoms with Gasteiger partial charge in [0, 0.05) is 26.1 Å². The lowest BCUT2D eigenvalue weighted by Crippen LogP contribution is -2.41. The molecule has 3 heterocycles. The summed E-state index contributed by atoms with van der Waals surface area (Å²) in [6.45, 7) is 4.44. The highest BCUT2D eigenvalue weighted by Crippen LogP contribution is 2.38. The van der Waals surface area contributed by atoms with Crippen molar-refractivity contribution in [2.75, 3.05) is 39.4 Å². The van der Waals surface area contributed by atoms with Gasteiger partial charge in [-0.05, 0) is 48.1 Å². The van der Waals surface area contributed by atoms with Crippen molar-refractivity contribution in [1.29, 1.82) is 0 Å². The van der Waals surface area contributed by atoms with Crippen LogP contribution in [0.2, 0.25) is 0 Å². The smallest absolute Gasteiger partial charge is 0.237 e. The molecule has 1 atom stereocenters. The number of hydrogen-bond donors (Lipinski definition) is 0. The van der Waals surface area contributed by atoms with Crippen LogP contribution in [0.1, 0.15) is 42.9 Å². The fraction of sp³-hybridized carbons (Fsp3) is 0.423. The Labute approximate surface area is 184 Å². The maximum Gasteiger partial charge on any atom is 0.237 e. The van der Waals surface area contributed by atoms with Gasteiger partial charge in [-0.15, -0.1) is 0 Å². The molecule has 0 N–H and O–H groups in total. The molecular formula is C26H30N2O3. The molecule has 0 bridgehead atoms. The average molecular weight is 419 g/mol. The lowest BCUT2D eigenvalue weighted by Gasteiger charge is -2.30. The van der Waals surface area contributed by atoms with Crippen molar-refractivity contribution < 1.29 is 14.3 Å². The number of likely N-dealkylation sites (tertiary alicyclic amines) is 1. The zero-order valence-corrected chi connectivity index (χ0v) is 18.0. The van der Waals surface area contributed by atoms with Gasteiger partial charge in [-0.1, -0.05) is 42.5 Å². The summed E-state index contributed by atoms with van der Waals surface area (Å²) in [6, 6.07) is 16.8. The second-order valence-corrected chi connectivity index (χ2v) is 8.58. The first-order chi connectivity index (χ1) is 15.3. The third-order valence-corrected chi connectivity index (χ3v) is 6.53. The molecule has 0 spiro atoms. The van der Waals surface area contributed by atoms with Gasteiger partial charge in [0.05, 0.1) is 25.8 Å². The molecule has 5 heteroatoms. The molecule has 0 aromatic heterocycles. The van der Waals surface area contributed by atoms with Gasteiger partial charge < -0.3 is 14.4 Å². The maximum absolute atomic E-state index is 13.2. The summed E-state index contributed by atoms with van der Waals surface area (Å²) >= 11 is 0. The monoisotopic (exact) mass is 418 g/mol. The molecule has 31 heavy (non-hydrogen) atoms. The number of benzene rings is 2. The van der Waals surface area contributed by atoms with E-state index in [4.69, 9.17) is 9.47 Å². The summed E-state index contributed by atoms with van der Waals surface area (Å²) < 4.78 is 11.6. The van der Waals surface area contributed by atoms with Gasteiger partial charge in [0.25, 0.3) is 0 Å². The van der Waals surface area contributed by atoms with Gasteiger partial charge >= 0.3 is 0 Å². The van der Waals surface area contributed by atoms with Crippen LogP contribution in [0.4, 0.5) is 0 Å². The number of fused-ring (bicyclic) bond motifs is 1. The number of amides is 1. The first kappa shape index (κ1) is 20.1. The Bertz CT molecular complexity index is 956. The summed E-state index contributed by atoms with van der Waals surface area (Å²) in [5.41, 5.74) is 3.83. The highest BCUT2D eigenvalue weighted by atomic mass is 16.5. The normalized spacial score (nSPS) is 21.5. The Morgan fingerprint density at radius 3 is 2.61 bits per heavy atom. The van der Waals surface area contributed by atoms with Gasteiger partial charge in [-0.25, -0.2) is 0 Å². The molecule has 0 unspecified atom stereocenters. The zero-order valence-electron chi connectivity index (χ0n) is 18.0. The van der Waals surface area contributed by atoms with Crippen LogP contribution in [0.3, 0.4) is 0 Å². The minimum Gasteiger partial charge on any atom is -0.490 e. The summed E-state index contributed by atoms with van der Waals surface area (Å²) in [7, 11) is 0. The molecule has 1 saturated heterocycles. The molecule has 3 aliphatic heterocycles. The summed E-state index contributed by atoms with van der Waals surface area (Å²) in [6.07, 6.45) is 6.21. The Morgan fingerprint density at radius 1 is 0.968 bits per heavy atom. The molecule has 1 amide bonds. The molecule has 0 saturated carbocycles.